The molecule has 0 fully saturated rings. The van der Waals surface area contributed by atoms with Gasteiger partial charge in [-0.1, -0.05) is 158 Å². The quantitative estimate of drug-likeness (QED) is 0.0936. The summed E-state index contributed by atoms with van der Waals surface area (Å²) in [4.78, 5) is -2.83. The molecule has 0 aliphatic heterocycles. The highest BCUT2D eigenvalue weighted by atomic mass is 35.6. The summed E-state index contributed by atoms with van der Waals surface area (Å²) < 4.78 is 151. The molecule has 22 heteroatoms. The summed E-state index contributed by atoms with van der Waals surface area (Å²) in [6.07, 6.45) is 0. The third kappa shape index (κ3) is 10.7. The van der Waals surface area contributed by atoms with Crippen LogP contribution in [0.25, 0.3) is 53.9 Å². The van der Waals surface area contributed by atoms with Crippen molar-refractivity contribution in [3.63, 3.8) is 0 Å². The van der Waals surface area contributed by atoms with Gasteiger partial charge < -0.3 is 5.48 Å². The van der Waals surface area contributed by atoms with E-state index in [1.165, 1.54) is 91.0 Å². The second-order valence-corrected chi connectivity index (χ2v) is 32.1. The number of hydrogen-bond acceptors (Lipinski definition) is 10. The van der Waals surface area contributed by atoms with Crippen molar-refractivity contribution in [2.45, 2.75) is 92.2 Å². The van der Waals surface area contributed by atoms with Crippen molar-refractivity contribution in [2.75, 3.05) is 0 Å². The zero-order valence-corrected chi connectivity index (χ0v) is 50.6. The van der Waals surface area contributed by atoms with Gasteiger partial charge in [0.15, 0.2) is 8.59 Å². The third-order valence-corrected chi connectivity index (χ3v) is 22.5. The monoisotopic (exact) mass is 1270 g/mol. The summed E-state index contributed by atoms with van der Waals surface area (Å²) >= 11 is 28.8. The summed E-state index contributed by atoms with van der Waals surface area (Å²) in [6, 6.07) is 36.4. The van der Waals surface area contributed by atoms with Crippen LogP contribution in [0.4, 0.5) is 0 Å². The molecule has 11 nitrogen and oxygen atoms in total. The molecule has 0 aliphatic rings. The van der Waals surface area contributed by atoms with E-state index in [2.05, 4.69) is 0 Å². The summed E-state index contributed by atoms with van der Waals surface area (Å²) in [5, 5.41) is 0.154. The Balaban J connectivity index is 0.000000857. The zero-order chi connectivity index (χ0) is 56.8. The predicted molar refractivity (Wildman–Crippen MR) is 317 cm³/mol. The van der Waals surface area contributed by atoms with Gasteiger partial charge >= 0.3 is 0 Å². The van der Waals surface area contributed by atoms with E-state index in [0.29, 0.717) is 0 Å². The van der Waals surface area contributed by atoms with E-state index in [1.54, 1.807) is 95.3 Å². The van der Waals surface area contributed by atoms with Gasteiger partial charge in [-0.3, -0.25) is 0 Å². The maximum absolute atomic E-state index is 15.3. The fourth-order valence-electron chi connectivity index (χ4n) is 9.68. The van der Waals surface area contributed by atoms with Crippen LogP contribution in [-0.2, 0) is 49.2 Å². The second kappa shape index (κ2) is 22.0. The van der Waals surface area contributed by atoms with Crippen molar-refractivity contribution < 1.29 is 47.6 Å². The molecule has 0 heterocycles. The van der Waals surface area contributed by atoms with Gasteiger partial charge in [-0.2, -0.15) is 0 Å². The maximum Gasteiger partial charge on any atom is 0.207 e. The van der Waals surface area contributed by atoms with Crippen LogP contribution in [0, 0.1) is 34.6 Å². The highest BCUT2D eigenvalue weighted by molar-refractivity contribution is 7.93. The minimum Gasteiger partial charge on any atom is -0.412 e. The van der Waals surface area contributed by atoms with Crippen molar-refractivity contribution in [2.24, 2.45) is 0 Å². The third-order valence-electron chi connectivity index (χ3n) is 13.4. The number of rotatable bonds is 10. The van der Waals surface area contributed by atoms with Crippen molar-refractivity contribution in [1.29, 1.82) is 0 Å². The molecule has 0 aromatic heterocycles. The molecule has 0 saturated heterocycles. The van der Waals surface area contributed by atoms with Crippen LogP contribution in [0.3, 0.4) is 0 Å². The Morgan fingerprint density at radius 1 is 0.253 bits per heavy atom. The second-order valence-electron chi connectivity index (χ2n) is 18.6. The van der Waals surface area contributed by atoms with Crippen LogP contribution in [0.5, 0.6) is 0 Å². The minimum atomic E-state index is -4.63. The van der Waals surface area contributed by atoms with Crippen LogP contribution in [0.15, 0.2) is 201 Å². The molecular formula is C57H44Cl6O11S5. The standard InChI is InChI=1S/C55H40O10S5.2CHCl3.H2O/c1-31-6-16-36(17-7-31)66(56,57)46-26-42-48(68(60,61)38-20-10-33(3)11-21-38)28-44-50(70(64,65)40-24-14-35(5)15-25-40)30-45-49(69(62,63)39-22-12-34(4)13-23-39)29-43-47(67(58,59)37-18-8-32(2)9-19-37)27-41(46)51-52(42)54(44)55(45)53(43)51;2*2-1(3)4;/h6-30H,1-5H3;2*1H;1H2. The number of aryl methyl sites for hydroxylation is 5. The van der Waals surface area contributed by atoms with E-state index >= 15 is 42.1 Å². The van der Waals surface area contributed by atoms with Gasteiger partial charge in [0.1, 0.15) is 0 Å². The Morgan fingerprint density at radius 2 is 0.367 bits per heavy atom. The van der Waals surface area contributed by atoms with Gasteiger partial charge in [0, 0.05) is 53.9 Å². The lowest BCUT2D eigenvalue weighted by atomic mass is 9.99. The van der Waals surface area contributed by atoms with Gasteiger partial charge in [0.25, 0.3) is 0 Å². The molecule has 0 saturated carbocycles. The topological polar surface area (TPSA) is 202 Å². The van der Waals surface area contributed by atoms with Crippen molar-refractivity contribution in [3.8, 4) is 0 Å². The maximum atomic E-state index is 15.3. The lowest BCUT2D eigenvalue weighted by Gasteiger charge is -2.17. The number of alkyl halides is 6. The van der Waals surface area contributed by atoms with E-state index < -0.39 is 82.3 Å². The molecule has 0 radical (unpaired) electrons. The van der Waals surface area contributed by atoms with E-state index in [1.807, 2.05) is 0 Å². The molecule has 0 spiro atoms. The SMILES string of the molecule is Cc1ccc(S(=O)(=O)c2cc3c(S(=O)(=O)c4ccc(C)cc4)cc4c(S(=O)(=O)c5ccc(C)cc5)cc5c(S(=O)(=O)c6ccc(C)cc6)cc6c(S(=O)(=O)c7ccc(C)cc7)cc2c2c6c5c4c32)cc1.ClC(Cl)Cl.ClC(Cl)Cl.O. The Morgan fingerprint density at radius 3 is 0.481 bits per heavy atom. The smallest absolute Gasteiger partial charge is 0.207 e. The molecule has 0 unspecified atom stereocenters. The number of sulfone groups is 5. The molecular weight excluding hydrogens is 1230 g/mol. The van der Waals surface area contributed by atoms with Gasteiger partial charge in [-0.25, -0.2) is 42.1 Å². The van der Waals surface area contributed by atoms with Crippen molar-refractivity contribution in [3.05, 3.63) is 179 Å². The lowest BCUT2D eigenvalue weighted by Crippen LogP contribution is -2.08. The first-order chi connectivity index (χ1) is 36.5. The lowest BCUT2D eigenvalue weighted by molar-refractivity contribution is 0.594. The van der Waals surface area contributed by atoms with E-state index in [0.717, 1.165) is 27.8 Å². The molecule has 0 atom stereocenters. The molecule has 11 aromatic carbocycles. The zero-order valence-electron chi connectivity index (χ0n) is 42.0. The van der Waals surface area contributed by atoms with Gasteiger partial charge in [0.2, 0.25) is 49.2 Å². The van der Waals surface area contributed by atoms with Gasteiger partial charge in [-0.05, 0) is 126 Å². The predicted octanol–water partition coefficient (Wildman–Crippen LogP) is 14.6. The summed E-state index contributed by atoms with van der Waals surface area (Å²) in [5.41, 5.74) is 3.81. The van der Waals surface area contributed by atoms with Crippen LogP contribution >= 0.6 is 69.6 Å². The molecule has 2 N–H and O–H groups in total. The first-order valence-electron chi connectivity index (χ1n) is 23.3. The Bertz CT molecular complexity index is 3990. The fraction of sp³-hybridized carbons (Fsp3) is 0.123. The van der Waals surface area contributed by atoms with E-state index in [4.69, 9.17) is 69.6 Å². The van der Waals surface area contributed by atoms with Gasteiger partial charge in [0.05, 0.1) is 49.0 Å². The average Bonchev–Trinajstić information content (AvgIpc) is 2.21. The molecule has 410 valence electrons. The van der Waals surface area contributed by atoms with Crippen LogP contribution in [0.1, 0.15) is 27.8 Å². The van der Waals surface area contributed by atoms with Crippen LogP contribution in [0.2, 0.25) is 0 Å². The molecule has 11 rings (SSSR count). The normalized spacial score (nSPS) is 12.6. The molecule has 11 aromatic rings. The highest BCUT2D eigenvalue weighted by Gasteiger charge is 2.38. The summed E-state index contributed by atoms with van der Waals surface area (Å²) in [6.45, 7) is 8.93. The van der Waals surface area contributed by atoms with Gasteiger partial charge in [-0.15, -0.1) is 0 Å². The Kier molecular flexibility index (Phi) is 16.7. The Labute approximate surface area is 487 Å². The number of halogens is 6. The summed E-state index contributed by atoms with van der Waals surface area (Å²) in [7, 11) is -23.2. The largest absolute Gasteiger partial charge is 0.412 e. The van der Waals surface area contributed by atoms with Crippen molar-refractivity contribution >= 4 is 173 Å². The fourth-order valence-corrected chi connectivity index (χ4v) is 17.0. The minimum absolute atomic E-state index is 0. The molecule has 0 bridgehead atoms. The summed E-state index contributed by atoms with van der Waals surface area (Å²) in [5.74, 6) is 0. The van der Waals surface area contributed by atoms with Crippen molar-refractivity contribution in [1.82, 2.24) is 0 Å². The van der Waals surface area contributed by atoms with E-state index in [9.17, 15) is 0 Å². The molecule has 79 heavy (non-hydrogen) atoms. The number of benzene rings is 10. The average molecular weight is 1280 g/mol. The molecule has 0 aliphatic carbocycles. The highest BCUT2D eigenvalue weighted by Crippen LogP contribution is 2.56. The molecule has 0 amide bonds. The Hall–Kier alpha value is -5.05. The van der Waals surface area contributed by atoms with E-state index in [-0.39, 0.29) is 83.8 Å². The number of hydrogen-bond donors (Lipinski definition) is 0. The van der Waals surface area contributed by atoms with Crippen LogP contribution in [-0.4, -0.2) is 56.2 Å². The van der Waals surface area contributed by atoms with Crippen LogP contribution < -0.4 is 0 Å². The first kappa shape index (κ1) is 60.1. The first-order valence-corrected chi connectivity index (χ1v) is 33.3.